The maximum Gasteiger partial charge on any atom is 0.308 e. The first-order valence-corrected chi connectivity index (χ1v) is 6.13. The molecule has 0 spiro atoms. The molecule has 1 aliphatic rings. The molecule has 2 unspecified atom stereocenters. The Labute approximate surface area is 102 Å². The number of nitrogens with one attached hydrogen (secondary N) is 2. The molecule has 5 nitrogen and oxygen atoms in total. The monoisotopic (exact) mass is 242 g/mol. The summed E-state index contributed by atoms with van der Waals surface area (Å²) in [4.78, 5) is 22.9. The normalized spacial score (nSPS) is 25.9. The highest BCUT2D eigenvalue weighted by Gasteiger charge is 2.36. The van der Waals surface area contributed by atoms with Gasteiger partial charge in [0.1, 0.15) is 0 Å². The second-order valence-corrected chi connectivity index (χ2v) is 5.26. The number of amides is 1. The molecule has 0 aromatic carbocycles. The minimum Gasteiger partial charge on any atom is -0.481 e. The van der Waals surface area contributed by atoms with Crippen molar-refractivity contribution in [2.24, 2.45) is 11.8 Å². The van der Waals surface area contributed by atoms with Gasteiger partial charge in [0.15, 0.2) is 0 Å². The third-order valence-electron chi connectivity index (χ3n) is 3.47. The quantitative estimate of drug-likeness (QED) is 0.659. The molecule has 5 heteroatoms. The summed E-state index contributed by atoms with van der Waals surface area (Å²) in [5.74, 6) is -1.46. The second kappa shape index (κ2) is 5.49. The molecule has 1 fully saturated rings. The van der Waals surface area contributed by atoms with Crippen molar-refractivity contribution in [3.05, 3.63) is 0 Å². The largest absolute Gasteiger partial charge is 0.481 e. The molecule has 0 aromatic heterocycles. The summed E-state index contributed by atoms with van der Waals surface area (Å²) in [6.07, 6.45) is 1.79. The van der Waals surface area contributed by atoms with Crippen molar-refractivity contribution >= 4 is 11.9 Å². The highest BCUT2D eigenvalue weighted by atomic mass is 16.4. The van der Waals surface area contributed by atoms with E-state index in [0.717, 1.165) is 19.4 Å². The van der Waals surface area contributed by atoms with Gasteiger partial charge in [0, 0.05) is 6.54 Å². The van der Waals surface area contributed by atoms with Crippen LogP contribution in [0.3, 0.4) is 0 Å². The minimum atomic E-state index is -0.857. The van der Waals surface area contributed by atoms with Gasteiger partial charge >= 0.3 is 5.97 Å². The van der Waals surface area contributed by atoms with E-state index in [2.05, 4.69) is 10.6 Å². The van der Waals surface area contributed by atoms with Gasteiger partial charge < -0.3 is 15.7 Å². The molecule has 0 aromatic rings. The molecule has 0 radical (unpaired) electrons. The van der Waals surface area contributed by atoms with Crippen molar-refractivity contribution in [2.75, 3.05) is 13.1 Å². The molecule has 0 saturated carbocycles. The first-order valence-electron chi connectivity index (χ1n) is 6.13. The van der Waals surface area contributed by atoms with Crippen LogP contribution in [0.1, 0.15) is 33.6 Å². The lowest BCUT2D eigenvalue weighted by molar-refractivity contribution is -0.143. The van der Waals surface area contributed by atoms with E-state index in [1.54, 1.807) is 0 Å². The molecule has 98 valence electrons. The van der Waals surface area contributed by atoms with Gasteiger partial charge in [-0.2, -0.15) is 0 Å². The Bertz CT molecular complexity index is 296. The van der Waals surface area contributed by atoms with E-state index in [4.69, 9.17) is 5.11 Å². The van der Waals surface area contributed by atoms with Crippen LogP contribution in [0, 0.1) is 11.8 Å². The number of aliphatic carboxylic acids is 1. The van der Waals surface area contributed by atoms with Crippen molar-refractivity contribution < 1.29 is 14.7 Å². The average Bonchev–Trinajstić information content (AvgIpc) is 2.65. The maximum atomic E-state index is 12.0. The van der Waals surface area contributed by atoms with E-state index in [1.807, 2.05) is 20.8 Å². The molecular weight excluding hydrogens is 220 g/mol. The second-order valence-electron chi connectivity index (χ2n) is 5.26. The van der Waals surface area contributed by atoms with Crippen LogP contribution in [0.2, 0.25) is 0 Å². The molecule has 1 rings (SSSR count). The fraction of sp³-hybridized carbons (Fsp3) is 0.833. The summed E-state index contributed by atoms with van der Waals surface area (Å²) in [5.41, 5.74) is -0.528. The fourth-order valence-electron chi connectivity index (χ4n) is 2.09. The number of rotatable bonds is 5. The topological polar surface area (TPSA) is 78.4 Å². The van der Waals surface area contributed by atoms with Gasteiger partial charge in [-0.05, 0) is 32.2 Å². The van der Waals surface area contributed by atoms with E-state index >= 15 is 0 Å². The first-order chi connectivity index (χ1) is 7.87. The Hall–Kier alpha value is -1.10. The summed E-state index contributed by atoms with van der Waals surface area (Å²) < 4.78 is 0. The predicted octanol–water partition coefficient (Wildman–Crippen LogP) is 0.602. The molecule has 1 saturated heterocycles. The van der Waals surface area contributed by atoms with Crippen LogP contribution in [-0.4, -0.2) is 35.6 Å². The lowest BCUT2D eigenvalue weighted by atomic mass is 9.94. The lowest BCUT2D eigenvalue weighted by Crippen LogP contribution is -2.52. The zero-order chi connectivity index (χ0) is 13.1. The Kier molecular flexibility index (Phi) is 4.51. The van der Waals surface area contributed by atoms with Gasteiger partial charge in [0.2, 0.25) is 5.91 Å². The Balaban J connectivity index is 2.49. The molecule has 1 amide bonds. The molecule has 1 aliphatic heterocycles. The average molecular weight is 242 g/mol. The Morgan fingerprint density at radius 1 is 1.47 bits per heavy atom. The van der Waals surface area contributed by atoms with Gasteiger partial charge in [-0.15, -0.1) is 0 Å². The van der Waals surface area contributed by atoms with Crippen molar-refractivity contribution in [2.45, 2.75) is 39.2 Å². The number of hydrogen-bond acceptors (Lipinski definition) is 3. The van der Waals surface area contributed by atoms with Crippen LogP contribution in [0.25, 0.3) is 0 Å². The summed E-state index contributed by atoms with van der Waals surface area (Å²) in [5, 5.41) is 14.9. The van der Waals surface area contributed by atoms with Gasteiger partial charge in [0.05, 0.1) is 11.5 Å². The standard InChI is InChI=1S/C12H22N2O3/c1-8(2)9(10(15)16)7-13-11(17)12(3)5-4-6-14-12/h8-9,14H,4-7H2,1-3H3,(H,13,17)(H,15,16). The predicted molar refractivity (Wildman–Crippen MR) is 64.6 cm³/mol. The van der Waals surface area contributed by atoms with Crippen LogP contribution in [-0.2, 0) is 9.59 Å². The summed E-state index contributed by atoms with van der Waals surface area (Å²) in [6.45, 7) is 6.60. The molecule has 0 bridgehead atoms. The first kappa shape index (κ1) is 14.0. The summed E-state index contributed by atoms with van der Waals surface area (Å²) >= 11 is 0. The number of carbonyl (C=O) groups excluding carboxylic acids is 1. The van der Waals surface area contributed by atoms with Crippen molar-refractivity contribution in [1.82, 2.24) is 10.6 Å². The molecular formula is C12H22N2O3. The third-order valence-corrected chi connectivity index (χ3v) is 3.47. The Morgan fingerprint density at radius 3 is 2.53 bits per heavy atom. The smallest absolute Gasteiger partial charge is 0.308 e. The van der Waals surface area contributed by atoms with Crippen molar-refractivity contribution in [3.8, 4) is 0 Å². The minimum absolute atomic E-state index is 0.0112. The third kappa shape index (κ3) is 3.43. The van der Waals surface area contributed by atoms with Gasteiger partial charge in [0.25, 0.3) is 0 Å². The van der Waals surface area contributed by atoms with Gasteiger partial charge in [-0.25, -0.2) is 0 Å². The zero-order valence-corrected chi connectivity index (χ0v) is 10.7. The van der Waals surface area contributed by atoms with Crippen LogP contribution in [0.4, 0.5) is 0 Å². The SMILES string of the molecule is CC(C)C(CNC(=O)C1(C)CCCN1)C(=O)O. The van der Waals surface area contributed by atoms with E-state index in [0.29, 0.717) is 0 Å². The lowest BCUT2D eigenvalue weighted by Gasteiger charge is -2.25. The number of carboxylic acid groups (broad SMARTS) is 1. The van der Waals surface area contributed by atoms with E-state index < -0.39 is 17.4 Å². The zero-order valence-electron chi connectivity index (χ0n) is 10.7. The Morgan fingerprint density at radius 2 is 2.12 bits per heavy atom. The number of carboxylic acids is 1. The van der Waals surface area contributed by atoms with Gasteiger partial charge in [-0.3, -0.25) is 9.59 Å². The molecule has 3 N–H and O–H groups in total. The number of carbonyl (C=O) groups is 2. The molecule has 2 atom stereocenters. The summed E-state index contributed by atoms with van der Waals surface area (Å²) in [6, 6.07) is 0. The fourth-order valence-corrected chi connectivity index (χ4v) is 2.09. The maximum absolute atomic E-state index is 12.0. The highest BCUT2D eigenvalue weighted by Crippen LogP contribution is 2.19. The summed E-state index contributed by atoms with van der Waals surface area (Å²) in [7, 11) is 0. The highest BCUT2D eigenvalue weighted by molar-refractivity contribution is 5.86. The van der Waals surface area contributed by atoms with Crippen LogP contribution in [0.15, 0.2) is 0 Å². The van der Waals surface area contributed by atoms with Crippen LogP contribution < -0.4 is 10.6 Å². The van der Waals surface area contributed by atoms with Crippen molar-refractivity contribution in [1.29, 1.82) is 0 Å². The van der Waals surface area contributed by atoms with Crippen molar-refractivity contribution in [3.63, 3.8) is 0 Å². The van der Waals surface area contributed by atoms with E-state index in [1.165, 1.54) is 0 Å². The van der Waals surface area contributed by atoms with E-state index in [9.17, 15) is 9.59 Å². The number of hydrogen-bond donors (Lipinski definition) is 3. The van der Waals surface area contributed by atoms with Crippen LogP contribution >= 0.6 is 0 Å². The van der Waals surface area contributed by atoms with Crippen LogP contribution in [0.5, 0.6) is 0 Å². The van der Waals surface area contributed by atoms with E-state index in [-0.39, 0.29) is 18.4 Å². The molecule has 0 aliphatic carbocycles. The van der Waals surface area contributed by atoms with Gasteiger partial charge in [-0.1, -0.05) is 13.8 Å². The molecule has 17 heavy (non-hydrogen) atoms. The molecule has 1 heterocycles.